The van der Waals surface area contributed by atoms with E-state index in [0.717, 1.165) is 52.9 Å². The lowest BCUT2D eigenvalue weighted by Crippen LogP contribution is -2.62. The molecule has 628 valence electrons. The maximum Gasteiger partial charge on any atom is 0.329 e. The SMILES string of the molecule is CCCCCCCCCC(=O)N[C@@H](Cc1ccccc1OC)C(=O)N[C@H](CC(N)=O)C(=O)N[C@@H](CC(=O)O)C(=O)N[C@@H]1C(=O)NCC(=O)N[C@@H](CCCN)C(=O)N[C@@H](CC(=O)O)C(=O)N[C@H](C)C(=O)N[C@@H](CC(=O)O)C(=O)NCC(=O)N[C@H](CO)C(=O)N[C@@H]([C@H](C)CC(=O)O)C(=O)N[C@@H](CC(=O)c2ccccc2N)C(=O)O[C@@H]1C. The van der Waals surface area contributed by atoms with Crippen LogP contribution in [0.1, 0.15) is 146 Å². The van der Waals surface area contributed by atoms with E-state index in [4.69, 9.17) is 26.7 Å². The predicted octanol–water partition coefficient (Wildman–Crippen LogP) is -6.09. The summed E-state index contributed by atoms with van der Waals surface area (Å²) >= 11 is 0. The molecule has 3 rings (SSSR count). The quantitative estimate of drug-likeness (QED) is 0.0131. The van der Waals surface area contributed by atoms with Crippen molar-refractivity contribution in [3.8, 4) is 5.75 Å². The second-order valence-corrected chi connectivity index (χ2v) is 26.7. The molecule has 0 unspecified atom stereocenters. The lowest BCUT2D eigenvalue weighted by atomic mass is 9.96. The molecule has 1 saturated heterocycles. The van der Waals surface area contributed by atoms with Crippen LogP contribution in [0, 0.1) is 5.92 Å². The Balaban J connectivity index is 2.30. The van der Waals surface area contributed by atoms with Gasteiger partial charge in [0.1, 0.15) is 78.3 Å². The monoisotopic (exact) mass is 1610 g/mol. The van der Waals surface area contributed by atoms with Gasteiger partial charge in [0.05, 0.1) is 58.9 Å². The van der Waals surface area contributed by atoms with Crippen molar-refractivity contribution in [2.75, 3.05) is 39.1 Å². The summed E-state index contributed by atoms with van der Waals surface area (Å²) < 4.78 is 11.1. The van der Waals surface area contributed by atoms with Gasteiger partial charge in [0.15, 0.2) is 5.78 Å². The zero-order valence-electron chi connectivity index (χ0n) is 63.4. The largest absolute Gasteiger partial charge is 0.496 e. The van der Waals surface area contributed by atoms with Crippen LogP contribution in [-0.2, 0) is 102 Å². The van der Waals surface area contributed by atoms with E-state index < -0.39 is 261 Å². The first-order chi connectivity index (χ1) is 53.8. The minimum absolute atomic E-state index is 0.0344. The molecule has 1 aliphatic rings. The van der Waals surface area contributed by atoms with Crippen LogP contribution >= 0.6 is 0 Å². The van der Waals surface area contributed by atoms with Gasteiger partial charge < -0.3 is 121 Å². The number of rotatable bonds is 36. The summed E-state index contributed by atoms with van der Waals surface area (Å²) in [5.41, 5.74) is 17.3. The van der Waals surface area contributed by atoms with E-state index >= 15 is 0 Å². The molecule has 14 amide bonds. The highest BCUT2D eigenvalue weighted by atomic mass is 16.5. The summed E-state index contributed by atoms with van der Waals surface area (Å²) in [5, 5.41) is 77.8. The zero-order chi connectivity index (χ0) is 85.5. The van der Waals surface area contributed by atoms with Crippen LogP contribution in [0.3, 0.4) is 0 Å². The molecule has 43 heteroatoms. The Bertz CT molecular complexity index is 3800. The van der Waals surface area contributed by atoms with E-state index in [-0.39, 0.29) is 42.8 Å². The van der Waals surface area contributed by atoms with Crippen LogP contribution in [0.2, 0.25) is 0 Å². The predicted molar refractivity (Wildman–Crippen MR) is 395 cm³/mol. The molecule has 0 spiro atoms. The van der Waals surface area contributed by atoms with Crippen molar-refractivity contribution in [2.45, 2.75) is 209 Å². The molecule has 114 heavy (non-hydrogen) atoms. The molecule has 1 heterocycles. The number of amides is 14. The molecule has 0 aromatic heterocycles. The minimum atomic E-state index is -2.45. The molecular weight excluding hydrogens is 1510 g/mol. The number of unbranched alkanes of at least 4 members (excludes halogenated alkanes) is 6. The lowest BCUT2D eigenvalue weighted by Gasteiger charge is -2.30. The first-order valence-electron chi connectivity index (χ1n) is 36.4. The molecule has 0 aliphatic carbocycles. The number of Topliss-reactive ketones (excluding diaryl/α,β-unsaturated/α-hetero) is 1. The molecule has 0 radical (unpaired) electrons. The molecule has 13 atom stereocenters. The number of methoxy groups -OCH3 is 1. The van der Waals surface area contributed by atoms with E-state index in [1.807, 2.05) is 16.0 Å². The average Bonchev–Trinajstić information content (AvgIpc) is 0.838. The number of benzene rings is 2. The normalized spacial score (nSPS) is 21.2. The number of aliphatic carboxylic acids is 4. The van der Waals surface area contributed by atoms with Crippen LogP contribution in [-0.4, -0.2) is 250 Å². The van der Waals surface area contributed by atoms with Gasteiger partial charge in [-0.2, -0.15) is 0 Å². The zero-order valence-corrected chi connectivity index (χ0v) is 63.4. The van der Waals surface area contributed by atoms with Gasteiger partial charge in [0.25, 0.3) is 0 Å². The lowest BCUT2D eigenvalue weighted by molar-refractivity contribution is -0.156. The Hall–Kier alpha value is -12.4. The number of primary amides is 1. The third kappa shape index (κ3) is 34.0. The number of carbonyl (C=O) groups is 20. The molecule has 1 aliphatic heterocycles. The van der Waals surface area contributed by atoms with Crippen LogP contribution < -0.4 is 91.1 Å². The van der Waals surface area contributed by atoms with Crippen LogP contribution in [0.4, 0.5) is 5.69 Å². The second kappa shape index (κ2) is 49.0. The van der Waals surface area contributed by atoms with Crippen molar-refractivity contribution in [3.63, 3.8) is 0 Å². The fourth-order valence-electron chi connectivity index (χ4n) is 11.3. The number of ketones is 1. The fraction of sp³-hybridized carbons (Fsp3) is 0.549. The van der Waals surface area contributed by atoms with Crippen LogP contribution in [0.5, 0.6) is 5.75 Å². The maximum absolute atomic E-state index is 14.8. The van der Waals surface area contributed by atoms with Crippen LogP contribution in [0.15, 0.2) is 48.5 Å². The van der Waals surface area contributed by atoms with Gasteiger partial charge >= 0.3 is 29.8 Å². The number of hydrogen-bond acceptors (Lipinski definition) is 25. The molecule has 0 saturated carbocycles. The standard InChI is InChI=1S/C71H102N16O27/c1-6-7-8-9-10-11-12-23-52(91)79-42(26-38-18-13-16-22-50(38)113-5)65(106)82-43(28-51(74)90)66(107)84-46(31-58(100)101)67(108)87-60-37(4)114-71(112)47(27-49(89)39-19-14-15-20-40(39)73)85-70(111)59(35(2)25-55(94)95)86-68(109)48(34-88)80-54(93)32-75-62(103)44(29-56(96)97)81-61(102)36(3)77-64(105)45(30-57(98)99)83-63(104)41(21-17-24-72)78-53(92)33-76-69(60)110/h13-16,18-20,22,35-37,41-48,59-60,88H,6-12,17,21,23-34,72-73H2,1-5H3,(H2,74,90)(H,75,103)(H,76,110)(H,77,105)(H,78,92)(H,79,91)(H,80,93)(H,81,102)(H,82,106)(H,83,104)(H,84,107)(H,85,111)(H,86,109)(H,87,108)(H,94,95)(H,96,97)(H,98,99)(H,100,101)/t35-,36-,37-,41+,42+,43-,44+,45+,46+,47+,48-,59+,60+/m1/s1. The van der Waals surface area contributed by atoms with E-state index in [1.165, 1.54) is 31.4 Å². The Kier molecular flexibility index (Phi) is 41.2. The van der Waals surface area contributed by atoms with Crippen LogP contribution in [0.25, 0.3) is 0 Å². The number of aliphatic hydroxyl groups excluding tert-OH is 1. The number of carbonyl (C=O) groups excluding carboxylic acids is 16. The highest BCUT2D eigenvalue weighted by Gasteiger charge is 2.41. The molecule has 1 fully saturated rings. The highest BCUT2D eigenvalue weighted by molar-refractivity contribution is 6.05. The highest BCUT2D eigenvalue weighted by Crippen LogP contribution is 2.21. The van der Waals surface area contributed by atoms with Crippen molar-refractivity contribution in [3.05, 3.63) is 59.7 Å². The fourth-order valence-corrected chi connectivity index (χ4v) is 11.3. The number of carboxylic acids is 4. The topological polar surface area (TPSA) is 695 Å². The van der Waals surface area contributed by atoms with Gasteiger partial charge in [-0.05, 0) is 69.3 Å². The third-order valence-corrected chi connectivity index (χ3v) is 17.4. The number of nitrogens with two attached hydrogens (primary N) is 3. The van der Waals surface area contributed by atoms with E-state index in [2.05, 4.69) is 60.1 Å². The number of hydrogen-bond donors (Lipinski definition) is 21. The van der Waals surface area contributed by atoms with Gasteiger partial charge in [-0.3, -0.25) is 91.1 Å². The number of carboxylic acid groups (broad SMARTS) is 4. The van der Waals surface area contributed by atoms with Gasteiger partial charge in [-0.15, -0.1) is 0 Å². The molecular formula is C71H102N16O27. The summed E-state index contributed by atoms with van der Waals surface area (Å²) in [7, 11) is 1.34. The number of aliphatic hydroxyl groups is 1. The summed E-state index contributed by atoms with van der Waals surface area (Å²) in [6.07, 6.45) is -4.08. The Labute approximate surface area is 653 Å². The summed E-state index contributed by atoms with van der Waals surface area (Å²) in [6, 6.07) is -11.2. The van der Waals surface area contributed by atoms with Crippen molar-refractivity contribution in [1.82, 2.24) is 69.1 Å². The number of ether oxygens (including phenoxy) is 2. The molecule has 24 N–H and O–H groups in total. The smallest absolute Gasteiger partial charge is 0.329 e. The summed E-state index contributed by atoms with van der Waals surface area (Å²) in [5.74, 6) is -29.6. The summed E-state index contributed by atoms with van der Waals surface area (Å²) in [4.78, 5) is 273. The molecule has 2 aromatic carbocycles. The van der Waals surface area contributed by atoms with E-state index in [0.29, 0.717) is 18.4 Å². The van der Waals surface area contributed by atoms with Gasteiger partial charge in [0.2, 0.25) is 82.7 Å². The Morgan fingerprint density at radius 2 is 1.08 bits per heavy atom. The van der Waals surface area contributed by atoms with Gasteiger partial charge in [-0.25, -0.2) is 4.79 Å². The van der Waals surface area contributed by atoms with Crippen molar-refractivity contribution in [1.29, 1.82) is 0 Å². The molecule has 0 bridgehead atoms. The maximum atomic E-state index is 14.8. The Morgan fingerprint density at radius 3 is 1.66 bits per heavy atom. The number of anilines is 1. The second-order valence-electron chi connectivity index (χ2n) is 26.7. The molecule has 2 aromatic rings. The molecule has 43 nitrogen and oxygen atoms in total. The first kappa shape index (κ1) is 95.8. The van der Waals surface area contributed by atoms with Crippen molar-refractivity contribution in [2.24, 2.45) is 17.4 Å². The minimum Gasteiger partial charge on any atom is -0.496 e. The summed E-state index contributed by atoms with van der Waals surface area (Å²) in [6.45, 7) is 1.09. The number of para-hydroxylation sites is 2. The Morgan fingerprint density at radius 1 is 0.553 bits per heavy atom. The third-order valence-electron chi connectivity index (χ3n) is 17.4. The van der Waals surface area contributed by atoms with Crippen molar-refractivity contribution >= 4 is 124 Å². The van der Waals surface area contributed by atoms with E-state index in [9.17, 15) is 121 Å². The first-order valence-corrected chi connectivity index (χ1v) is 36.4. The van der Waals surface area contributed by atoms with Crippen molar-refractivity contribution < 1.29 is 131 Å². The number of nitrogen functional groups attached to an aromatic ring is 1. The number of cyclic esters (lactones) is 1. The number of esters is 1. The van der Waals surface area contributed by atoms with Gasteiger partial charge in [-0.1, -0.05) is 82.7 Å². The number of nitrogens with one attached hydrogen (secondary N) is 13. The van der Waals surface area contributed by atoms with E-state index in [1.54, 1.807) is 24.3 Å². The average molecular weight is 1610 g/mol. The van der Waals surface area contributed by atoms with Gasteiger partial charge in [0, 0.05) is 30.5 Å².